The lowest BCUT2D eigenvalue weighted by molar-refractivity contribution is 0.810. The molecule has 0 fully saturated rings. The number of hydrogen-bond acceptors (Lipinski definition) is 4. The number of imidazole rings is 1. The third kappa shape index (κ3) is 1.79. The number of aromatic nitrogens is 4. The summed E-state index contributed by atoms with van der Waals surface area (Å²) in [4.78, 5) is 16.2. The van der Waals surface area contributed by atoms with Crippen LogP contribution in [0.3, 0.4) is 0 Å². The molecule has 0 saturated heterocycles. The molecule has 0 amide bonds. The molecule has 3 heterocycles. The van der Waals surface area contributed by atoms with Crippen LogP contribution in [-0.4, -0.2) is 19.9 Å². The van der Waals surface area contributed by atoms with Crippen LogP contribution in [-0.2, 0) is 0 Å². The Hall–Kier alpha value is -2.43. The number of anilines is 1. The summed E-state index contributed by atoms with van der Waals surface area (Å²) >= 11 is 0. The van der Waals surface area contributed by atoms with Crippen molar-refractivity contribution in [1.82, 2.24) is 19.9 Å². The van der Waals surface area contributed by atoms with Crippen molar-refractivity contribution in [3.05, 3.63) is 48.0 Å². The fourth-order valence-corrected chi connectivity index (χ4v) is 1.90. The van der Waals surface area contributed by atoms with E-state index in [9.17, 15) is 0 Å². The summed E-state index contributed by atoms with van der Waals surface area (Å²) in [5.41, 5.74) is 8.16. The zero-order valence-corrected chi connectivity index (χ0v) is 9.96. The van der Waals surface area contributed by atoms with Crippen LogP contribution in [0.25, 0.3) is 11.2 Å². The van der Waals surface area contributed by atoms with Gasteiger partial charge in [0.1, 0.15) is 11.6 Å². The molecule has 3 N–H and O–H groups in total. The lowest BCUT2D eigenvalue weighted by Crippen LogP contribution is -2.00. The summed E-state index contributed by atoms with van der Waals surface area (Å²) in [6.45, 7) is 2.06. The molecule has 3 rings (SSSR count). The molecule has 0 aliphatic rings. The fraction of sp³-hybridized carbons (Fsp3) is 0.154. The zero-order valence-electron chi connectivity index (χ0n) is 9.96. The van der Waals surface area contributed by atoms with Crippen molar-refractivity contribution in [3.63, 3.8) is 0 Å². The van der Waals surface area contributed by atoms with Crippen molar-refractivity contribution >= 4 is 17.0 Å². The summed E-state index contributed by atoms with van der Waals surface area (Å²) in [5.74, 6) is 1.43. The van der Waals surface area contributed by atoms with Crippen LogP contribution in [0, 0.1) is 0 Å². The number of rotatable bonds is 2. The first kappa shape index (κ1) is 10.7. The summed E-state index contributed by atoms with van der Waals surface area (Å²) in [7, 11) is 0. The highest BCUT2D eigenvalue weighted by Gasteiger charge is 2.14. The molecule has 0 aliphatic carbocycles. The highest BCUT2D eigenvalue weighted by atomic mass is 15.0. The lowest BCUT2D eigenvalue weighted by atomic mass is 10.1. The molecule has 5 heteroatoms. The van der Waals surface area contributed by atoms with E-state index >= 15 is 0 Å². The number of pyridine rings is 2. The predicted molar refractivity (Wildman–Crippen MR) is 70.1 cm³/mol. The molecule has 0 bridgehead atoms. The van der Waals surface area contributed by atoms with Gasteiger partial charge in [0.2, 0.25) is 0 Å². The average molecular weight is 239 g/mol. The van der Waals surface area contributed by atoms with Crippen molar-refractivity contribution in [2.24, 2.45) is 0 Å². The summed E-state index contributed by atoms with van der Waals surface area (Å²) in [5, 5.41) is 0. The van der Waals surface area contributed by atoms with Gasteiger partial charge in [0, 0.05) is 6.20 Å². The Morgan fingerprint density at radius 3 is 2.83 bits per heavy atom. The quantitative estimate of drug-likeness (QED) is 0.717. The first-order valence-electron chi connectivity index (χ1n) is 5.77. The molecule has 90 valence electrons. The minimum absolute atomic E-state index is 0.0987. The maximum absolute atomic E-state index is 5.64. The van der Waals surface area contributed by atoms with Crippen LogP contribution >= 0.6 is 0 Å². The van der Waals surface area contributed by atoms with Gasteiger partial charge in [0.15, 0.2) is 5.65 Å². The minimum Gasteiger partial charge on any atom is -0.384 e. The minimum atomic E-state index is 0.0987. The van der Waals surface area contributed by atoms with Gasteiger partial charge in [-0.25, -0.2) is 9.97 Å². The van der Waals surface area contributed by atoms with Crippen LogP contribution in [0.2, 0.25) is 0 Å². The molecular formula is C13H13N5. The van der Waals surface area contributed by atoms with Gasteiger partial charge in [-0.15, -0.1) is 0 Å². The van der Waals surface area contributed by atoms with Crippen LogP contribution in [0.1, 0.15) is 24.4 Å². The Labute approximate surface area is 104 Å². The van der Waals surface area contributed by atoms with Gasteiger partial charge in [-0.05, 0) is 31.2 Å². The molecule has 5 nitrogen and oxygen atoms in total. The average Bonchev–Trinajstić information content (AvgIpc) is 2.81. The normalized spacial score (nSPS) is 12.7. The highest BCUT2D eigenvalue weighted by molar-refractivity contribution is 5.72. The van der Waals surface area contributed by atoms with E-state index in [0.29, 0.717) is 11.5 Å². The fourth-order valence-electron chi connectivity index (χ4n) is 1.90. The molecule has 0 radical (unpaired) electrons. The van der Waals surface area contributed by atoms with Crippen molar-refractivity contribution in [3.8, 4) is 0 Å². The second kappa shape index (κ2) is 4.10. The van der Waals surface area contributed by atoms with Crippen molar-refractivity contribution < 1.29 is 0 Å². The Kier molecular flexibility index (Phi) is 2.44. The second-order valence-electron chi connectivity index (χ2n) is 4.21. The van der Waals surface area contributed by atoms with Crippen LogP contribution in [0.4, 0.5) is 5.82 Å². The third-order valence-corrected chi connectivity index (χ3v) is 2.93. The number of nitrogens with one attached hydrogen (secondary N) is 1. The second-order valence-corrected chi connectivity index (χ2v) is 4.21. The van der Waals surface area contributed by atoms with E-state index in [1.165, 1.54) is 0 Å². The Morgan fingerprint density at radius 2 is 2.06 bits per heavy atom. The number of aromatic amines is 1. The van der Waals surface area contributed by atoms with Crippen LogP contribution in [0.15, 0.2) is 36.5 Å². The molecule has 1 atom stereocenters. The maximum atomic E-state index is 5.64. The topological polar surface area (TPSA) is 80.5 Å². The standard InChI is InChI=1S/C13H13N5/c1-8(9-4-2-3-7-15-9)12-16-10-5-6-11(14)17-13(10)18-12/h2-8H,1H3,(H3,14,16,17,18)/t8-/m0/s1. The number of hydrogen-bond donors (Lipinski definition) is 2. The number of nitrogens with two attached hydrogens (primary N) is 1. The van der Waals surface area contributed by atoms with Gasteiger partial charge in [-0.1, -0.05) is 6.07 Å². The molecule has 0 saturated carbocycles. The number of nitrogen functional groups attached to an aromatic ring is 1. The van der Waals surface area contributed by atoms with Gasteiger partial charge >= 0.3 is 0 Å². The van der Waals surface area contributed by atoms with Gasteiger partial charge in [0.05, 0.1) is 17.1 Å². The van der Waals surface area contributed by atoms with E-state index in [2.05, 4.69) is 26.9 Å². The molecule has 3 aromatic heterocycles. The monoisotopic (exact) mass is 239 g/mol. The first-order chi connectivity index (χ1) is 8.74. The first-order valence-corrected chi connectivity index (χ1v) is 5.77. The highest BCUT2D eigenvalue weighted by Crippen LogP contribution is 2.22. The lowest BCUT2D eigenvalue weighted by Gasteiger charge is -2.06. The number of fused-ring (bicyclic) bond motifs is 1. The van der Waals surface area contributed by atoms with Gasteiger partial charge in [0.25, 0.3) is 0 Å². The SMILES string of the molecule is C[C@@H](c1ccccn1)c1nc2nc(N)ccc2[nH]1. The van der Waals surface area contributed by atoms with Gasteiger partial charge in [-0.2, -0.15) is 0 Å². The van der Waals surface area contributed by atoms with Crippen molar-refractivity contribution in [2.75, 3.05) is 5.73 Å². The van der Waals surface area contributed by atoms with Gasteiger partial charge < -0.3 is 10.7 Å². The molecule has 0 spiro atoms. The van der Waals surface area contributed by atoms with Crippen molar-refractivity contribution in [1.29, 1.82) is 0 Å². The maximum Gasteiger partial charge on any atom is 0.179 e. The Bertz CT molecular complexity index is 674. The molecular weight excluding hydrogens is 226 g/mol. The molecule has 3 aromatic rings. The van der Waals surface area contributed by atoms with Gasteiger partial charge in [-0.3, -0.25) is 4.98 Å². The number of H-pyrrole nitrogens is 1. The van der Waals surface area contributed by atoms with E-state index in [1.54, 1.807) is 12.3 Å². The molecule has 0 aliphatic heterocycles. The predicted octanol–water partition coefficient (Wildman–Crippen LogP) is 2.09. The van der Waals surface area contributed by atoms with Crippen LogP contribution in [0.5, 0.6) is 0 Å². The molecule has 0 unspecified atom stereocenters. The van der Waals surface area contributed by atoms with E-state index < -0.39 is 0 Å². The third-order valence-electron chi connectivity index (χ3n) is 2.93. The largest absolute Gasteiger partial charge is 0.384 e. The zero-order chi connectivity index (χ0) is 12.5. The van der Waals surface area contributed by atoms with Crippen LogP contribution < -0.4 is 5.73 Å². The van der Waals surface area contributed by atoms with E-state index in [-0.39, 0.29) is 5.92 Å². The van der Waals surface area contributed by atoms with E-state index in [0.717, 1.165) is 17.0 Å². The molecule has 18 heavy (non-hydrogen) atoms. The smallest absolute Gasteiger partial charge is 0.179 e. The summed E-state index contributed by atoms with van der Waals surface area (Å²) in [6, 6.07) is 9.50. The Morgan fingerprint density at radius 1 is 1.17 bits per heavy atom. The number of nitrogens with zero attached hydrogens (tertiary/aromatic N) is 3. The summed E-state index contributed by atoms with van der Waals surface area (Å²) < 4.78 is 0. The Balaban J connectivity index is 2.04. The van der Waals surface area contributed by atoms with Crippen molar-refractivity contribution in [2.45, 2.75) is 12.8 Å². The molecule has 0 aromatic carbocycles. The van der Waals surface area contributed by atoms with E-state index in [4.69, 9.17) is 5.73 Å². The summed E-state index contributed by atoms with van der Waals surface area (Å²) in [6.07, 6.45) is 1.78. The van der Waals surface area contributed by atoms with E-state index in [1.807, 2.05) is 24.3 Å².